The number of ether oxygens (including phenoxy) is 2. The first-order valence-corrected chi connectivity index (χ1v) is 17.0. The fraction of sp³-hybridized carbons (Fsp3) is 0.243. The van der Waals surface area contributed by atoms with Crippen molar-refractivity contribution in [3.8, 4) is 11.5 Å². The molecule has 6 nitrogen and oxygen atoms in total. The van der Waals surface area contributed by atoms with E-state index in [2.05, 4.69) is 98.9 Å². The van der Waals surface area contributed by atoms with Crippen molar-refractivity contribution in [3.05, 3.63) is 122 Å². The maximum atomic E-state index is 13.1. The van der Waals surface area contributed by atoms with Crippen LogP contribution < -0.4 is 19.7 Å². The maximum Gasteiger partial charge on any atom is 0.264 e. The van der Waals surface area contributed by atoms with Crippen molar-refractivity contribution < 1.29 is 14.3 Å². The monoisotopic (exact) mass is 679 g/mol. The number of nitrogens with one attached hydrogen (secondary N) is 1. The van der Waals surface area contributed by atoms with Gasteiger partial charge in [0.2, 0.25) is 0 Å². The van der Waals surface area contributed by atoms with Gasteiger partial charge in [-0.15, -0.1) is 0 Å². The quantitative estimate of drug-likeness (QED) is 0.198. The zero-order valence-corrected chi connectivity index (χ0v) is 27.7. The van der Waals surface area contributed by atoms with Crippen molar-refractivity contribution >= 4 is 56.2 Å². The highest BCUT2D eigenvalue weighted by Crippen LogP contribution is 2.50. The molecule has 0 spiro atoms. The van der Waals surface area contributed by atoms with Gasteiger partial charge in [-0.3, -0.25) is 4.79 Å². The predicted octanol–water partition coefficient (Wildman–Crippen LogP) is 8.63. The predicted molar refractivity (Wildman–Crippen MR) is 187 cm³/mol. The maximum absolute atomic E-state index is 13.1. The summed E-state index contributed by atoms with van der Waals surface area (Å²) in [4.78, 5) is 21.3. The number of hydrogen-bond acceptors (Lipinski definition) is 6. The van der Waals surface area contributed by atoms with Gasteiger partial charge in [0.25, 0.3) is 5.91 Å². The third kappa shape index (κ3) is 5.89. The second kappa shape index (κ2) is 12.8. The molecule has 1 amide bonds. The summed E-state index contributed by atoms with van der Waals surface area (Å²) in [6.07, 6.45) is 3.98. The van der Waals surface area contributed by atoms with Crippen LogP contribution in [0.2, 0.25) is 0 Å². The molecule has 7 rings (SSSR count). The minimum Gasteiger partial charge on any atom is -0.493 e. The molecule has 45 heavy (non-hydrogen) atoms. The van der Waals surface area contributed by atoms with Crippen LogP contribution in [0.25, 0.3) is 6.08 Å². The SMILES string of the molecule is CCOc1c(Br)cc(/C=C2\SC(=Nc3cc4c5c(c3)[C@@H](c3ccccc3)CCN5CC[C@@H]4c3ccccc3)NC2=O)cc1OC. The summed E-state index contributed by atoms with van der Waals surface area (Å²) in [6, 6.07) is 29.9. The van der Waals surface area contributed by atoms with Gasteiger partial charge in [-0.1, -0.05) is 60.7 Å². The van der Waals surface area contributed by atoms with Crippen LogP contribution in [0.15, 0.2) is 99.3 Å². The molecule has 1 N–H and O–H groups in total. The highest BCUT2D eigenvalue weighted by Gasteiger charge is 2.35. The van der Waals surface area contributed by atoms with Crippen LogP contribution in [0, 0.1) is 0 Å². The molecule has 8 heteroatoms. The number of aliphatic imine (C=N–C) groups is 1. The van der Waals surface area contributed by atoms with Crippen molar-refractivity contribution in [2.45, 2.75) is 31.6 Å². The van der Waals surface area contributed by atoms with E-state index in [4.69, 9.17) is 14.5 Å². The first-order chi connectivity index (χ1) is 22.0. The molecule has 1 fully saturated rings. The number of thioether (sulfide) groups is 1. The molecule has 1 saturated heterocycles. The Bertz CT molecular complexity index is 1740. The van der Waals surface area contributed by atoms with Gasteiger partial charge in [0, 0.05) is 30.6 Å². The molecule has 0 unspecified atom stereocenters. The highest BCUT2D eigenvalue weighted by molar-refractivity contribution is 9.10. The first kappa shape index (κ1) is 29.7. The Labute approximate surface area is 276 Å². The molecule has 3 aliphatic rings. The average Bonchev–Trinajstić information content (AvgIpc) is 3.40. The molecule has 4 aromatic rings. The van der Waals surface area contributed by atoms with Crippen molar-refractivity contribution in [1.29, 1.82) is 0 Å². The molecule has 0 aliphatic carbocycles. The van der Waals surface area contributed by atoms with Gasteiger partial charge in [0.05, 0.1) is 28.8 Å². The van der Waals surface area contributed by atoms with E-state index in [1.807, 2.05) is 25.1 Å². The summed E-state index contributed by atoms with van der Waals surface area (Å²) >= 11 is 4.94. The highest BCUT2D eigenvalue weighted by atomic mass is 79.9. The second-order valence-electron chi connectivity index (χ2n) is 11.4. The topological polar surface area (TPSA) is 63.2 Å². The largest absolute Gasteiger partial charge is 0.493 e. The Balaban J connectivity index is 1.28. The van der Waals surface area contributed by atoms with Crippen molar-refractivity contribution in [2.24, 2.45) is 4.99 Å². The van der Waals surface area contributed by atoms with Crippen LogP contribution in [0.3, 0.4) is 0 Å². The average molecular weight is 681 g/mol. The fourth-order valence-electron chi connectivity index (χ4n) is 6.76. The van der Waals surface area contributed by atoms with Crippen LogP contribution >= 0.6 is 27.7 Å². The summed E-state index contributed by atoms with van der Waals surface area (Å²) in [6.45, 7) is 4.54. The van der Waals surface area contributed by atoms with Crippen molar-refractivity contribution in [1.82, 2.24) is 5.32 Å². The lowest BCUT2D eigenvalue weighted by atomic mass is 9.76. The lowest BCUT2D eigenvalue weighted by molar-refractivity contribution is -0.115. The zero-order valence-electron chi connectivity index (χ0n) is 25.3. The molecule has 0 aromatic heterocycles. The number of amides is 1. The Kier molecular flexibility index (Phi) is 8.43. The summed E-state index contributed by atoms with van der Waals surface area (Å²) in [5.41, 5.74) is 8.36. The van der Waals surface area contributed by atoms with Gasteiger partial charge in [-0.2, -0.15) is 0 Å². The third-order valence-corrected chi connectivity index (χ3v) is 10.2. The van der Waals surface area contributed by atoms with Crippen LogP contribution in [0.1, 0.15) is 59.4 Å². The van der Waals surface area contributed by atoms with Crippen molar-refractivity contribution in [2.75, 3.05) is 31.7 Å². The number of carbonyl (C=O) groups is 1. The number of nitrogens with zero attached hydrogens (tertiary/aromatic N) is 2. The molecule has 0 saturated carbocycles. The third-order valence-electron chi connectivity index (χ3n) is 8.72. The van der Waals surface area contributed by atoms with Gasteiger partial charge in [-0.05, 0) is 106 Å². The lowest BCUT2D eigenvalue weighted by Gasteiger charge is -2.43. The molecule has 3 heterocycles. The number of anilines is 1. The van der Waals surface area contributed by atoms with Gasteiger partial charge in [0.1, 0.15) is 0 Å². The minimum atomic E-state index is -0.169. The number of methoxy groups -OCH3 is 1. The summed E-state index contributed by atoms with van der Waals surface area (Å²) in [5, 5.41) is 3.58. The van der Waals surface area contributed by atoms with Crippen LogP contribution in [-0.2, 0) is 4.79 Å². The van der Waals surface area contributed by atoms with Crippen LogP contribution in [0.5, 0.6) is 11.5 Å². The Morgan fingerprint density at radius 2 is 1.58 bits per heavy atom. The summed E-state index contributed by atoms with van der Waals surface area (Å²) in [5.74, 6) is 1.66. The smallest absolute Gasteiger partial charge is 0.264 e. The molecule has 3 aliphatic heterocycles. The minimum absolute atomic E-state index is 0.169. The fourth-order valence-corrected chi connectivity index (χ4v) is 8.18. The molecule has 0 radical (unpaired) electrons. The number of benzene rings is 4. The number of rotatable bonds is 7. The van der Waals surface area contributed by atoms with E-state index in [0.29, 0.717) is 40.0 Å². The molecule has 4 aromatic carbocycles. The second-order valence-corrected chi connectivity index (χ2v) is 13.3. The van der Waals surface area contributed by atoms with Gasteiger partial charge >= 0.3 is 0 Å². The lowest BCUT2D eigenvalue weighted by Crippen LogP contribution is -2.37. The Morgan fingerprint density at radius 1 is 0.956 bits per heavy atom. The number of hydrogen-bond donors (Lipinski definition) is 1. The summed E-state index contributed by atoms with van der Waals surface area (Å²) in [7, 11) is 1.61. The Morgan fingerprint density at radius 3 is 2.16 bits per heavy atom. The molecule has 2 atom stereocenters. The van der Waals surface area contributed by atoms with E-state index in [0.717, 1.165) is 41.7 Å². The zero-order chi connectivity index (χ0) is 30.9. The van der Waals surface area contributed by atoms with E-state index >= 15 is 0 Å². The van der Waals surface area contributed by atoms with Crippen LogP contribution in [0.4, 0.5) is 11.4 Å². The van der Waals surface area contributed by atoms with E-state index < -0.39 is 0 Å². The van der Waals surface area contributed by atoms with Gasteiger partial charge < -0.3 is 19.7 Å². The molecule has 228 valence electrons. The first-order valence-electron chi connectivity index (χ1n) is 15.3. The normalized spacial score (nSPS) is 20.7. The number of halogens is 1. The number of carbonyl (C=O) groups excluding carboxylic acids is 1. The standard InChI is InChI=1S/C37H34BrN3O3S/c1-3-44-35-31(38)18-23(19-32(35)43-2)20-33-36(42)40-37(45-33)39-26-21-29-27(24-10-6-4-7-11-24)14-16-41-17-15-28(30(22-26)34(29)41)25-12-8-5-9-13-25/h4-13,18-22,27-28H,3,14-17H2,1-2H3,(H,39,40,42)/b33-20-/t27-,28-/m1/s1. The van der Waals surface area contributed by atoms with E-state index in [9.17, 15) is 4.79 Å². The van der Waals surface area contributed by atoms with Gasteiger partial charge in [0.15, 0.2) is 16.7 Å². The Hall–Kier alpha value is -4.01. The number of amidine groups is 1. The molecular formula is C37H34BrN3O3S. The van der Waals surface area contributed by atoms with Gasteiger partial charge in [-0.25, -0.2) is 4.99 Å². The summed E-state index contributed by atoms with van der Waals surface area (Å²) < 4.78 is 12.1. The van der Waals surface area contributed by atoms with Crippen LogP contribution in [-0.4, -0.2) is 37.9 Å². The van der Waals surface area contributed by atoms with E-state index in [1.165, 1.54) is 39.7 Å². The van der Waals surface area contributed by atoms with E-state index in [1.54, 1.807) is 7.11 Å². The van der Waals surface area contributed by atoms with Crippen molar-refractivity contribution in [3.63, 3.8) is 0 Å². The van der Waals surface area contributed by atoms with E-state index in [-0.39, 0.29) is 5.91 Å². The molecule has 0 bridgehead atoms. The molecular weight excluding hydrogens is 646 g/mol.